The Morgan fingerprint density at radius 1 is 1.03 bits per heavy atom. The highest BCUT2D eigenvalue weighted by molar-refractivity contribution is 6.07. The van der Waals surface area contributed by atoms with Gasteiger partial charge in [0.2, 0.25) is 11.9 Å². The van der Waals surface area contributed by atoms with Gasteiger partial charge in [-0.15, -0.1) is 0 Å². The number of carbonyl (C=O) groups excluding carboxylic acids is 2. The summed E-state index contributed by atoms with van der Waals surface area (Å²) in [4.78, 5) is 40.0. The van der Waals surface area contributed by atoms with E-state index in [2.05, 4.69) is 25.6 Å². The van der Waals surface area contributed by atoms with Gasteiger partial charge in [0.15, 0.2) is 5.82 Å². The van der Waals surface area contributed by atoms with Gasteiger partial charge in [0, 0.05) is 5.69 Å². The molecule has 9 nitrogen and oxygen atoms in total. The van der Waals surface area contributed by atoms with Crippen LogP contribution in [0.25, 0.3) is 0 Å². The number of benzene rings is 2. The number of urea groups is 1. The third kappa shape index (κ3) is 3.33. The fraction of sp³-hybridized carbons (Fsp3) is 0.227. The molecule has 1 aliphatic heterocycles. The maximum Gasteiger partial charge on any atom is 0.325 e. The van der Waals surface area contributed by atoms with Gasteiger partial charge >= 0.3 is 6.03 Å². The van der Waals surface area contributed by atoms with Gasteiger partial charge in [-0.05, 0) is 42.5 Å². The van der Waals surface area contributed by atoms with Crippen molar-refractivity contribution in [1.29, 1.82) is 0 Å². The number of aryl methyl sites for hydroxylation is 1. The van der Waals surface area contributed by atoms with Gasteiger partial charge in [-0.1, -0.05) is 42.5 Å². The lowest BCUT2D eigenvalue weighted by Gasteiger charge is -2.33. The molecule has 3 aromatic rings. The molecule has 1 saturated heterocycles. The van der Waals surface area contributed by atoms with Crippen LogP contribution in [0.3, 0.4) is 0 Å². The van der Waals surface area contributed by atoms with E-state index in [0.29, 0.717) is 6.42 Å². The molecule has 0 bridgehead atoms. The molecule has 0 radical (unpaired) electrons. The molecule has 5 rings (SSSR count). The molecular weight excluding hydrogens is 394 g/mol. The first-order chi connectivity index (χ1) is 15.0. The summed E-state index contributed by atoms with van der Waals surface area (Å²) in [5, 5.41) is 5.99. The third-order valence-electron chi connectivity index (χ3n) is 5.68. The van der Waals surface area contributed by atoms with E-state index >= 15 is 0 Å². The van der Waals surface area contributed by atoms with Gasteiger partial charge in [0.1, 0.15) is 5.54 Å². The number of hydrogen-bond donors (Lipinski definition) is 3. The number of carbonyl (C=O) groups is 2. The standard InChI is InChI=1S/C22H21N7O2/c23-19-25-17(26-20(27-19)24-15-9-2-1-3-10-15)13-29-18(30)22(28-21(29)31)12-6-8-14-7-4-5-11-16(14)22/h1-5,7,9-11H,6,8,12-13H2,(H,28,31)(H3,23,24,25,26,27)/t22-/m1/s1. The smallest absolute Gasteiger partial charge is 0.325 e. The molecule has 0 saturated carbocycles. The minimum absolute atomic E-state index is 0.00760. The number of anilines is 3. The summed E-state index contributed by atoms with van der Waals surface area (Å²) in [6.45, 7) is -0.0925. The Labute approximate surface area is 178 Å². The summed E-state index contributed by atoms with van der Waals surface area (Å²) in [6, 6.07) is 16.7. The molecule has 3 amide bonds. The number of imide groups is 1. The van der Waals surface area contributed by atoms with Crippen molar-refractivity contribution in [2.24, 2.45) is 0 Å². The Balaban J connectivity index is 1.42. The van der Waals surface area contributed by atoms with E-state index in [1.54, 1.807) is 0 Å². The van der Waals surface area contributed by atoms with E-state index in [0.717, 1.165) is 34.6 Å². The second-order valence-corrected chi connectivity index (χ2v) is 7.66. The highest BCUT2D eigenvalue weighted by Crippen LogP contribution is 2.40. The predicted molar refractivity (Wildman–Crippen MR) is 114 cm³/mol. The molecule has 1 fully saturated rings. The molecule has 0 unspecified atom stereocenters. The zero-order chi connectivity index (χ0) is 21.4. The highest BCUT2D eigenvalue weighted by Gasteiger charge is 2.54. The number of nitrogen functional groups attached to an aromatic ring is 1. The van der Waals surface area contributed by atoms with Gasteiger partial charge in [0.25, 0.3) is 5.91 Å². The highest BCUT2D eigenvalue weighted by atomic mass is 16.2. The SMILES string of the molecule is Nc1nc(CN2C(=O)N[C@@]3(CCCc4ccccc43)C2=O)nc(Nc2ccccc2)n1. The quantitative estimate of drug-likeness (QED) is 0.559. The van der Waals surface area contributed by atoms with E-state index < -0.39 is 11.6 Å². The molecule has 31 heavy (non-hydrogen) atoms. The largest absolute Gasteiger partial charge is 0.368 e. The first kappa shape index (κ1) is 19.0. The third-order valence-corrected chi connectivity index (χ3v) is 5.68. The molecule has 1 aliphatic carbocycles. The summed E-state index contributed by atoms with van der Waals surface area (Å²) in [6.07, 6.45) is 2.27. The minimum Gasteiger partial charge on any atom is -0.368 e. The Kier molecular flexibility index (Phi) is 4.50. The zero-order valence-corrected chi connectivity index (χ0v) is 16.7. The van der Waals surface area contributed by atoms with E-state index in [1.165, 1.54) is 0 Å². The van der Waals surface area contributed by atoms with Gasteiger partial charge in [-0.2, -0.15) is 15.0 Å². The topological polar surface area (TPSA) is 126 Å². The van der Waals surface area contributed by atoms with Gasteiger partial charge < -0.3 is 16.4 Å². The van der Waals surface area contributed by atoms with Crippen LogP contribution in [0, 0.1) is 0 Å². The average Bonchev–Trinajstić information content (AvgIpc) is 2.99. The van der Waals surface area contributed by atoms with Crippen molar-refractivity contribution in [2.75, 3.05) is 11.1 Å². The number of rotatable bonds is 4. The summed E-state index contributed by atoms with van der Waals surface area (Å²) < 4.78 is 0. The lowest BCUT2D eigenvalue weighted by molar-refractivity contribution is -0.132. The average molecular weight is 415 g/mol. The molecule has 156 valence electrons. The summed E-state index contributed by atoms with van der Waals surface area (Å²) in [5.74, 6) is 0.198. The lowest BCUT2D eigenvalue weighted by atomic mass is 9.76. The molecule has 2 aromatic carbocycles. The molecule has 1 aromatic heterocycles. The van der Waals surface area contributed by atoms with Crippen LogP contribution in [-0.4, -0.2) is 31.8 Å². The Bertz CT molecular complexity index is 1170. The van der Waals surface area contributed by atoms with Crippen molar-refractivity contribution >= 4 is 29.5 Å². The maximum atomic E-state index is 13.4. The van der Waals surface area contributed by atoms with Crippen molar-refractivity contribution in [3.05, 3.63) is 71.5 Å². The van der Waals surface area contributed by atoms with Crippen LogP contribution >= 0.6 is 0 Å². The van der Waals surface area contributed by atoms with Crippen LogP contribution in [0.15, 0.2) is 54.6 Å². The maximum absolute atomic E-state index is 13.4. The molecule has 4 N–H and O–H groups in total. The zero-order valence-electron chi connectivity index (χ0n) is 16.7. The lowest BCUT2D eigenvalue weighted by Crippen LogP contribution is -2.46. The fourth-order valence-corrected chi connectivity index (χ4v) is 4.31. The monoisotopic (exact) mass is 415 g/mol. The van der Waals surface area contributed by atoms with E-state index in [-0.39, 0.29) is 30.2 Å². The summed E-state index contributed by atoms with van der Waals surface area (Å²) in [7, 11) is 0. The number of fused-ring (bicyclic) bond motifs is 2. The van der Waals surface area contributed by atoms with Crippen molar-refractivity contribution < 1.29 is 9.59 Å². The Morgan fingerprint density at radius 3 is 2.65 bits per heavy atom. The molecular formula is C22H21N7O2. The molecule has 2 aliphatic rings. The van der Waals surface area contributed by atoms with E-state index in [4.69, 9.17) is 5.73 Å². The van der Waals surface area contributed by atoms with Gasteiger partial charge in [-0.3, -0.25) is 9.69 Å². The van der Waals surface area contributed by atoms with Crippen LogP contribution in [0.5, 0.6) is 0 Å². The first-order valence-corrected chi connectivity index (χ1v) is 10.1. The van der Waals surface area contributed by atoms with Gasteiger partial charge in [0.05, 0.1) is 6.54 Å². The van der Waals surface area contributed by atoms with Gasteiger partial charge in [-0.25, -0.2) is 4.79 Å². The fourth-order valence-electron chi connectivity index (χ4n) is 4.31. The number of nitrogens with zero attached hydrogens (tertiary/aromatic N) is 4. The normalized spacial score (nSPS) is 19.9. The molecule has 1 atom stereocenters. The van der Waals surface area contributed by atoms with Crippen LogP contribution < -0.4 is 16.4 Å². The van der Waals surface area contributed by atoms with Crippen LogP contribution in [0.4, 0.5) is 22.4 Å². The number of amides is 3. The van der Waals surface area contributed by atoms with Crippen molar-refractivity contribution in [3.8, 4) is 0 Å². The minimum atomic E-state index is -1.03. The summed E-state index contributed by atoms with van der Waals surface area (Å²) >= 11 is 0. The number of aromatic nitrogens is 3. The predicted octanol–water partition coefficient (Wildman–Crippen LogP) is 2.48. The molecule has 1 spiro atoms. The first-order valence-electron chi connectivity index (χ1n) is 10.1. The Morgan fingerprint density at radius 2 is 1.81 bits per heavy atom. The number of nitrogens with two attached hydrogens (primary N) is 1. The second kappa shape index (κ2) is 7.35. The molecule has 9 heteroatoms. The van der Waals surface area contributed by atoms with Crippen LogP contribution in [0.1, 0.15) is 29.8 Å². The van der Waals surface area contributed by atoms with Crippen molar-refractivity contribution in [3.63, 3.8) is 0 Å². The number of nitrogens with one attached hydrogen (secondary N) is 2. The summed E-state index contributed by atoms with van der Waals surface area (Å²) in [5.41, 5.74) is 7.55. The number of para-hydroxylation sites is 1. The molecule has 2 heterocycles. The van der Waals surface area contributed by atoms with Crippen LogP contribution in [0.2, 0.25) is 0 Å². The van der Waals surface area contributed by atoms with E-state index in [1.807, 2.05) is 54.6 Å². The number of hydrogen-bond acceptors (Lipinski definition) is 7. The Hall–Kier alpha value is -4.01. The van der Waals surface area contributed by atoms with E-state index in [9.17, 15) is 9.59 Å². The van der Waals surface area contributed by atoms with Crippen molar-refractivity contribution in [1.82, 2.24) is 25.2 Å². The van der Waals surface area contributed by atoms with Crippen LogP contribution in [-0.2, 0) is 23.3 Å². The van der Waals surface area contributed by atoms with Crippen molar-refractivity contribution in [2.45, 2.75) is 31.3 Å². The second-order valence-electron chi connectivity index (χ2n) is 7.66.